The lowest BCUT2D eigenvalue weighted by Crippen LogP contribution is -2.32. The number of nitrogens with one attached hydrogen (secondary N) is 1. The zero-order valence-corrected chi connectivity index (χ0v) is 18.2. The van der Waals surface area contributed by atoms with Crippen LogP contribution in [0.4, 0.5) is 0 Å². The number of aromatic nitrogens is 1. The first-order valence-electron chi connectivity index (χ1n) is 9.87. The Morgan fingerprint density at radius 2 is 1.73 bits per heavy atom. The largest absolute Gasteiger partial charge is 0.350 e. The normalized spacial score (nSPS) is 12.5. The van der Waals surface area contributed by atoms with Gasteiger partial charge in [0, 0.05) is 24.5 Å². The van der Waals surface area contributed by atoms with Crippen molar-refractivity contribution in [3.8, 4) is 0 Å². The molecule has 0 radical (unpaired) electrons. The molecular formula is C24H26N2O3S. The van der Waals surface area contributed by atoms with E-state index >= 15 is 0 Å². The topological polar surface area (TPSA) is 76.1 Å². The van der Waals surface area contributed by atoms with Crippen LogP contribution >= 0.6 is 0 Å². The van der Waals surface area contributed by atoms with Crippen molar-refractivity contribution in [3.05, 3.63) is 95.3 Å². The molecule has 0 saturated carbocycles. The molecule has 1 unspecified atom stereocenters. The van der Waals surface area contributed by atoms with Crippen LogP contribution in [0.25, 0.3) is 0 Å². The fourth-order valence-corrected chi connectivity index (χ4v) is 4.90. The van der Waals surface area contributed by atoms with Crippen molar-refractivity contribution in [3.63, 3.8) is 0 Å². The Kier molecular flexibility index (Phi) is 6.67. The number of sulfone groups is 1. The lowest BCUT2D eigenvalue weighted by molar-refractivity contribution is 0.0953. The number of nitrogens with zero attached hydrogens (tertiary/aromatic N) is 1. The van der Waals surface area contributed by atoms with E-state index in [1.807, 2.05) is 25.1 Å². The van der Waals surface area contributed by atoms with Crippen LogP contribution in [0.5, 0.6) is 0 Å². The molecule has 1 N–H and O–H groups in total. The summed E-state index contributed by atoms with van der Waals surface area (Å²) in [6.45, 7) is 5.97. The van der Waals surface area contributed by atoms with Gasteiger partial charge in [-0.25, -0.2) is 8.42 Å². The standard InChI is InChI=1S/C24H26N2O3S/c1-17(2)19-9-11-22(12-10-19)30(28,29)23(21-8-5-13-25-15-21)16-26-24(27)20-7-4-6-18(3)14-20/h4-15,17,23H,16H2,1-3H3,(H,26,27). The molecule has 1 atom stereocenters. The fourth-order valence-electron chi connectivity index (χ4n) is 3.25. The quantitative estimate of drug-likeness (QED) is 0.610. The van der Waals surface area contributed by atoms with Gasteiger partial charge in [-0.15, -0.1) is 0 Å². The second-order valence-corrected chi connectivity index (χ2v) is 9.75. The first-order valence-corrected chi connectivity index (χ1v) is 11.4. The highest BCUT2D eigenvalue weighted by atomic mass is 32.2. The van der Waals surface area contributed by atoms with Gasteiger partial charge >= 0.3 is 0 Å². The molecule has 0 fully saturated rings. The van der Waals surface area contributed by atoms with E-state index < -0.39 is 15.1 Å². The number of amides is 1. The number of aryl methyl sites for hydroxylation is 1. The summed E-state index contributed by atoms with van der Waals surface area (Å²) in [4.78, 5) is 16.9. The van der Waals surface area contributed by atoms with E-state index in [1.165, 1.54) is 6.20 Å². The number of hydrogen-bond acceptors (Lipinski definition) is 4. The van der Waals surface area contributed by atoms with Gasteiger partial charge in [-0.1, -0.05) is 49.7 Å². The summed E-state index contributed by atoms with van der Waals surface area (Å²) in [7, 11) is -3.74. The van der Waals surface area contributed by atoms with Gasteiger partial charge in [0.2, 0.25) is 0 Å². The first-order chi connectivity index (χ1) is 14.3. The van der Waals surface area contributed by atoms with Crippen LogP contribution < -0.4 is 5.32 Å². The van der Waals surface area contributed by atoms with Gasteiger partial charge in [0.15, 0.2) is 9.84 Å². The molecule has 3 rings (SSSR count). The molecule has 0 bridgehead atoms. The van der Waals surface area contributed by atoms with Crippen LogP contribution in [0.3, 0.4) is 0 Å². The number of carbonyl (C=O) groups excluding carboxylic acids is 1. The molecule has 1 aromatic heterocycles. The highest BCUT2D eigenvalue weighted by molar-refractivity contribution is 7.91. The van der Waals surface area contributed by atoms with Crippen molar-refractivity contribution in [2.45, 2.75) is 36.8 Å². The molecule has 2 aromatic carbocycles. The van der Waals surface area contributed by atoms with Gasteiger partial charge in [0.05, 0.1) is 4.90 Å². The lowest BCUT2D eigenvalue weighted by atomic mass is 10.0. The van der Waals surface area contributed by atoms with Gasteiger partial charge in [0.1, 0.15) is 5.25 Å². The van der Waals surface area contributed by atoms with Crippen molar-refractivity contribution < 1.29 is 13.2 Å². The van der Waals surface area contributed by atoms with Crippen LogP contribution in [0.2, 0.25) is 0 Å². The van der Waals surface area contributed by atoms with Crippen LogP contribution in [-0.4, -0.2) is 25.9 Å². The van der Waals surface area contributed by atoms with Crippen LogP contribution in [0.15, 0.2) is 78.0 Å². The summed E-state index contributed by atoms with van der Waals surface area (Å²) in [6.07, 6.45) is 3.12. The van der Waals surface area contributed by atoms with Gasteiger partial charge in [-0.2, -0.15) is 0 Å². The fraction of sp³-hybridized carbons (Fsp3) is 0.250. The summed E-state index contributed by atoms with van der Waals surface area (Å²) in [5.74, 6) is 0.00226. The van der Waals surface area contributed by atoms with Crippen molar-refractivity contribution in [2.24, 2.45) is 0 Å². The van der Waals surface area contributed by atoms with E-state index in [-0.39, 0.29) is 17.3 Å². The molecule has 0 aliphatic carbocycles. The third-order valence-corrected chi connectivity index (χ3v) is 7.15. The Bertz CT molecular complexity index is 1110. The highest BCUT2D eigenvalue weighted by Crippen LogP contribution is 2.29. The van der Waals surface area contributed by atoms with Crippen molar-refractivity contribution in [1.29, 1.82) is 0 Å². The maximum atomic E-state index is 13.4. The molecule has 3 aromatic rings. The van der Waals surface area contributed by atoms with E-state index in [4.69, 9.17) is 0 Å². The van der Waals surface area contributed by atoms with E-state index in [0.717, 1.165) is 11.1 Å². The Morgan fingerprint density at radius 3 is 2.33 bits per heavy atom. The lowest BCUT2D eigenvalue weighted by Gasteiger charge is -2.19. The summed E-state index contributed by atoms with van der Waals surface area (Å²) in [5, 5.41) is 1.84. The van der Waals surface area contributed by atoms with Gasteiger partial charge in [-0.05, 0) is 54.3 Å². The van der Waals surface area contributed by atoms with E-state index in [2.05, 4.69) is 24.1 Å². The SMILES string of the molecule is Cc1cccc(C(=O)NCC(c2cccnc2)S(=O)(=O)c2ccc(C(C)C)cc2)c1. The number of pyridine rings is 1. The van der Waals surface area contributed by atoms with E-state index in [0.29, 0.717) is 17.0 Å². The monoisotopic (exact) mass is 422 g/mol. The molecule has 0 saturated heterocycles. The molecule has 156 valence electrons. The number of hydrogen-bond donors (Lipinski definition) is 1. The Labute approximate surface area is 178 Å². The predicted octanol–water partition coefficient (Wildman–Crippen LogP) is 4.46. The number of rotatable bonds is 7. The zero-order valence-electron chi connectivity index (χ0n) is 17.4. The number of benzene rings is 2. The van der Waals surface area contributed by atoms with Crippen LogP contribution in [-0.2, 0) is 9.84 Å². The third-order valence-electron chi connectivity index (χ3n) is 5.03. The van der Waals surface area contributed by atoms with Gasteiger partial charge in [-0.3, -0.25) is 9.78 Å². The molecular weight excluding hydrogens is 396 g/mol. The van der Waals surface area contributed by atoms with Crippen LogP contribution in [0.1, 0.15) is 52.1 Å². The third kappa shape index (κ3) is 4.94. The minimum absolute atomic E-state index is 0.0489. The molecule has 5 nitrogen and oxygen atoms in total. The number of carbonyl (C=O) groups is 1. The Hall–Kier alpha value is -2.99. The van der Waals surface area contributed by atoms with Crippen molar-refractivity contribution >= 4 is 15.7 Å². The smallest absolute Gasteiger partial charge is 0.251 e. The minimum Gasteiger partial charge on any atom is -0.350 e. The summed E-state index contributed by atoms with van der Waals surface area (Å²) >= 11 is 0. The van der Waals surface area contributed by atoms with Gasteiger partial charge < -0.3 is 5.32 Å². The molecule has 1 amide bonds. The predicted molar refractivity (Wildman–Crippen MR) is 118 cm³/mol. The molecule has 0 aliphatic rings. The minimum atomic E-state index is -3.74. The summed E-state index contributed by atoms with van der Waals surface area (Å²) < 4.78 is 26.9. The molecule has 0 spiro atoms. The Balaban J connectivity index is 1.90. The second kappa shape index (κ2) is 9.22. The maximum Gasteiger partial charge on any atom is 0.251 e. The average Bonchev–Trinajstić information content (AvgIpc) is 2.74. The zero-order chi connectivity index (χ0) is 21.7. The highest BCUT2D eigenvalue weighted by Gasteiger charge is 2.30. The first kappa shape index (κ1) is 21.7. The van der Waals surface area contributed by atoms with E-state index in [9.17, 15) is 13.2 Å². The van der Waals surface area contributed by atoms with Crippen molar-refractivity contribution in [2.75, 3.05) is 6.54 Å². The van der Waals surface area contributed by atoms with Crippen molar-refractivity contribution in [1.82, 2.24) is 10.3 Å². The average molecular weight is 423 g/mol. The summed E-state index contributed by atoms with van der Waals surface area (Å²) in [5.41, 5.74) is 3.07. The Morgan fingerprint density at radius 1 is 1.00 bits per heavy atom. The van der Waals surface area contributed by atoms with Crippen LogP contribution in [0, 0.1) is 6.92 Å². The van der Waals surface area contributed by atoms with Gasteiger partial charge in [0.25, 0.3) is 5.91 Å². The van der Waals surface area contributed by atoms with E-state index in [1.54, 1.807) is 48.7 Å². The summed E-state index contributed by atoms with van der Waals surface area (Å²) in [6, 6.07) is 17.5. The molecule has 0 aliphatic heterocycles. The molecule has 1 heterocycles. The molecule has 6 heteroatoms. The maximum absolute atomic E-state index is 13.4. The molecule has 30 heavy (non-hydrogen) atoms. The second-order valence-electron chi connectivity index (χ2n) is 7.62.